The Labute approximate surface area is 195 Å². The molecule has 1 N–H and O–H groups in total. The van der Waals surface area contributed by atoms with Gasteiger partial charge < -0.3 is 5.32 Å². The normalized spacial score (nSPS) is 19.8. The van der Waals surface area contributed by atoms with Crippen LogP contribution in [0, 0.1) is 10.8 Å². The number of rotatable bonds is 6. The molecule has 1 fully saturated rings. The van der Waals surface area contributed by atoms with Crippen molar-refractivity contribution in [3.8, 4) is 0 Å². The van der Waals surface area contributed by atoms with Crippen molar-refractivity contribution in [2.75, 3.05) is 5.32 Å². The molecule has 0 bridgehead atoms. The predicted molar refractivity (Wildman–Crippen MR) is 140 cm³/mol. The maximum absolute atomic E-state index is 12.1. The Morgan fingerprint density at radius 2 is 1.56 bits per heavy atom. The van der Waals surface area contributed by atoms with E-state index in [0.29, 0.717) is 5.41 Å². The average Bonchev–Trinajstić information content (AvgIpc) is 3.54. The van der Waals surface area contributed by atoms with E-state index in [1.165, 1.54) is 36.8 Å². The van der Waals surface area contributed by atoms with Crippen LogP contribution >= 0.6 is 0 Å². The molecule has 0 aliphatic heterocycles. The second-order valence-electron chi connectivity index (χ2n) is 9.55. The molecule has 1 aromatic rings. The van der Waals surface area contributed by atoms with Crippen molar-refractivity contribution in [2.24, 2.45) is 10.8 Å². The molecule has 0 atom stereocenters. The second kappa shape index (κ2) is 11.3. The zero-order valence-corrected chi connectivity index (χ0v) is 21.1. The van der Waals surface area contributed by atoms with Gasteiger partial charge in [-0.05, 0) is 80.6 Å². The fourth-order valence-electron chi connectivity index (χ4n) is 4.37. The number of carbonyl (C=O) groups is 1. The highest BCUT2D eigenvalue weighted by Crippen LogP contribution is 2.62. The van der Waals surface area contributed by atoms with Crippen LogP contribution in [0.1, 0.15) is 74.1 Å². The molecule has 1 aromatic carbocycles. The zero-order chi connectivity index (χ0) is 23.8. The number of hydrogen-bond acceptors (Lipinski definition) is 1. The molecule has 2 nitrogen and oxygen atoms in total. The molecule has 2 aliphatic carbocycles. The van der Waals surface area contributed by atoms with Crippen molar-refractivity contribution in [3.05, 3.63) is 89.1 Å². The summed E-state index contributed by atoms with van der Waals surface area (Å²) in [4.78, 5) is 12.1. The maximum Gasteiger partial charge on any atom is 0.248 e. The van der Waals surface area contributed by atoms with Gasteiger partial charge in [0.2, 0.25) is 5.91 Å². The molecule has 0 saturated heterocycles. The summed E-state index contributed by atoms with van der Waals surface area (Å²) in [5.41, 5.74) is 6.85. The number of hydrogen-bond donors (Lipinski definition) is 1. The molecule has 0 unspecified atom stereocenters. The third-order valence-corrected chi connectivity index (χ3v) is 6.64. The van der Waals surface area contributed by atoms with Crippen LogP contribution in [-0.2, 0) is 4.79 Å². The van der Waals surface area contributed by atoms with Crippen LogP contribution in [0.3, 0.4) is 0 Å². The van der Waals surface area contributed by atoms with Gasteiger partial charge in [0.1, 0.15) is 0 Å². The minimum Gasteiger partial charge on any atom is -0.323 e. The van der Waals surface area contributed by atoms with Crippen molar-refractivity contribution >= 4 is 11.6 Å². The summed E-state index contributed by atoms with van der Waals surface area (Å²) in [5.74, 6) is -0.111. The van der Waals surface area contributed by atoms with Crippen molar-refractivity contribution in [2.45, 2.75) is 74.1 Å². The Morgan fingerprint density at radius 1 is 0.938 bits per heavy atom. The zero-order valence-electron chi connectivity index (χ0n) is 21.1. The maximum atomic E-state index is 12.1. The highest BCUT2D eigenvalue weighted by atomic mass is 16.1. The van der Waals surface area contributed by atoms with Crippen molar-refractivity contribution in [1.82, 2.24) is 0 Å². The fraction of sp³-hybridized carbons (Fsp3) is 0.433. The van der Waals surface area contributed by atoms with E-state index < -0.39 is 0 Å². The van der Waals surface area contributed by atoms with E-state index in [4.69, 9.17) is 0 Å². The molecular weight excluding hydrogens is 390 g/mol. The minimum absolute atomic E-state index is 0.111. The van der Waals surface area contributed by atoms with Crippen LogP contribution in [0.15, 0.2) is 89.1 Å². The van der Waals surface area contributed by atoms with Gasteiger partial charge in [-0.3, -0.25) is 4.79 Å². The topological polar surface area (TPSA) is 29.1 Å². The van der Waals surface area contributed by atoms with E-state index in [1.807, 2.05) is 63.3 Å². The first kappa shape index (κ1) is 25.6. The molecule has 172 valence electrons. The lowest BCUT2D eigenvalue weighted by atomic mass is 9.67. The van der Waals surface area contributed by atoms with Crippen LogP contribution < -0.4 is 5.32 Å². The van der Waals surface area contributed by atoms with Crippen molar-refractivity contribution in [3.63, 3.8) is 0 Å². The third-order valence-electron chi connectivity index (χ3n) is 6.64. The van der Waals surface area contributed by atoms with Crippen LogP contribution in [-0.4, -0.2) is 5.91 Å². The van der Waals surface area contributed by atoms with E-state index in [9.17, 15) is 4.79 Å². The lowest BCUT2D eigenvalue weighted by Gasteiger charge is -2.38. The molecular formula is C30H41NO. The SMILES string of the molecule is CC.CC1=C(/C=C/C(C)=C/C=C/C(C)=C\C(=O)Nc2ccccc2)C(C)(C)CCC12CC2. The number of carbonyl (C=O) groups excluding carboxylic acids is 1. The van der Waals surface area contributed by atoms with Gasteiger partial charge in [0, 0.05) is 11.8 Å². The number of nitrogens with one attached hydrogen (secondary N) is 1. The van der Waals surface area contributed by atoms with Gasteiger partial charge in [0.05, 0.1) is 0 Å². The molecule has 1 amide bonds. The summed E-state index contributed by atoms with van der Waals surface area (Å²) in [6, 6.07) is 9.50. The van der Waals surface area contributed by atoms with Crippen LogP contribution in [0.4, 0.5) is 5.69 Å². The average molecular weight is 432 g/mol. The van der Waals surface area contributed by atoms with Crippen LogP contribution in [0.2, 0.25) is 0 Å². The number of amides is 1. The van der Waals surface area contributed by atoms with Crippen molar-refractivity contribution < 1.29 is 4.79 Å². The van der Waals surface area contributed by atoms with Crippen LogP contribution in [0.5, 0.6) is 0 Å². The third kappa shape index (κ3) is 6.95. The summed E-state index contributed by atoms with van der Waals surface area (Å²) in [6.45, 7) is 15.2. The Kier molecular flexibility index (Phi) is 9.07. The minimum atomic E-state index is -0.111. The summed E-state index contributed by atoms with van der Waals surface area (Å²) in [5, 5.41) is 2.87. The van der Waals surface area contributed by atoms with Gasteiger partial charge in [-0.25, -0.2) is 0 Å². The van der Waals surface area contributed by atoms with Gasteiger partial charge in [0.15, 0.2) is 0 Å². The van der Waals surface area contributed by atoms with Gasteiger partial charge in [-0.1, -0.05) is 87.4 Å². The van der Waals surface area contributed by atoms with E-state index >= 15 is 0 Å². The quantitative estimate of drug-likeness (QED) is 0.354. The lowest BCUT2D eigenvalue weighted by molar-refractivity contribution is -0.111. The van der Waals surface area contributed by atoms with Gasteiger partial charge >= 0.3 is 0 Å². The molecule has 0 radical (unpaired) electrons. The number of benzene rings is 1. The molecule has 1 saturated carbocycles. The second-order valence-corrected chi connectivity index (χ2v) is 9.55. The standard InChI is InChI=1S/C28H35NO.C2H6/c1-21(14-15-25-23(3)28(18-19-28)17-16-27(25,4)5)10-9-11-22(2)20-26(30)29-24-12-7-6-8-13-24;1-2/h6-15,20H,16-19H2,1-5H3,(H,29,30);1-2H3/b11-9+,15-14+,21-10+,22-20-;. The van der Waals surface area contributed by atoms with Crippen molar-refractivity contribution in [1.29, 1.82) is 0 Å². The van der Waals surface area contributed by atoms with E-state index in [-0.39, 0.29) is 11.3 Å². The number of allylic oxidation sites excluding steroid dienone is 9. The Balaban J connectivity index is 0.00000176. The van der Waals surface area contributed by atoms with E-state index in [2.05, 4.69) is 51.2 Å². The summed E-state index contributed by atoms with van der Waals surface area (Å²) < 4.78 is 0. The Bertz CT molecular complexity index is 934. The highest BCUT2D eigenvalue weighted by Gasteiger charge is 2.49. The van der Waals surface area contributed by atoms with Crippen LogP contribution in [0.25, 0.3) is 0 Å². The van der Waals surface area contributed by atoms with E-state index in [1.54, 1.807) is 11.6 Å². The summed E-state index contributed by atoms with van der Waals surface area (Å²) in [6.07, 6.45) is 17.6. The lowest BCUT2D eigenvalue weighted by Crippen LogP contribution is -2.25. The molecule has 0 aromatic heterocycles. The smallest absolute Gasteiger partial charge is 0.248 e. The number of anilines is 1. The Hall–Kier alpha value is -2.61. The van der Waals surface area contributed by atoms with Gasteiger partial charge in [-0.15, -0.1) is 0 Å². The molecule has 2 heteroatoms. The first-order chi connectivity index (χ1) is 15.2. The number of para-hydroxylation sites is 1. The van der Waals surface area contributed by atoms with E-state index in [0.717, 1.165) is 11.3 Å². The fourth-order valence-corrected chi connectivity index (χ4v) is 4.37. The first-order valence-electron chi connectivity index (χ1n) is 12.0. The molecule has 0 heterocycles. The predicted octanol–water partition coefficient (Wildman–Crippen LogP) is 8.57. The monoisotopic (exact) mass is 431 g/mol. The Morgan fingerprint density at radius 3 is 2.19 bits per heavy atom. The summed E-state index contributed by atoms with van der Waals surface area (Å²) in [7, 11) is 0. The molecule has 32 heavy (non-hydrogen) atoms. The first-order valence-corrected chi connectivity index (χ1v) is 12.0. The molecule has 2 aliphatic rings. The van der Waals surface area contributed by atoms with Gasteiger partial charge in [-0.2, -0.15) is 0 Å². The molecule has 1 spiro atoms. The summed E-state index contributed by atoms with van der Waals surface area (Å²) >= 11 is 0. The van der Waals surface area contributed by atoms with Gasteiger partial charge in [0.25, 0.3) is 0 Å². The molecule has 3 rings (SSSR count). The largest absolute Gasteiger partial charge is 0.323 e. The highest BCUT2D eigenvalue weighted by molar-refractivity contribution is 5.99.